The number of thioether (sulfide) groups is 1. The number of nitro groups is 1. The van der Waals surface area contributed by atoms with E-state index >= 15 is 0 Å². The number of benzene rings is 2. The van der Waals surface area contributed by atoms with Crippen LogP contribution in [0.25, 0.3) is 6.08 Å². The van der Waals surface area contributed by atoms with Crippen molar-refractivity contribution in [2.24, 2.45) is 0 Å². The van der Waals surface area contributed by atoms with Crippen LogP contribution >= 0.6 is 24.0 Å². The van der Waals surface area contributed by atoms with Gasteiger partial charge in [-0.15, -0.1) is 0 Å². The Balaban J connectivity index is 1.79. The lowest BCUT2D eigenvalue weighted by Gasteiger charge is -2.12. The van der Waals surface area contributed by atoms with Crippen molar-refractivity contribution in [2.45, 2.75) is 6.61 Å². The van der Waals surface area contributed by atoms with Gasteiger partial charge in [-0.05, 0) is 29.8 Å². The van der Waals surface area contributed by atoms with Crippen LogP contribution in [0.3, 0.4) is 0 Å². The maximum absolute atomic E-state index is 12.4. The Bertz CT molecular complexity index is 1100. The minimum absolute atomic E-state index is 0.0271. The van der Waals surface area contributed by atoms with Gasteiger partial charge in [0.05, 0.1) is 22.5 Å². The number of carboxylic acid groups (broad SMARTS) is 1. The summed E-state index contributed by atoms with van der Waals surface area (Å²) in [5, 5.41) is 20.1. The molecule has 1 aliphatic rings. The molecular weight excluding hydrogens is 444 g/mol. The average Bonchev–Trinajstić information content (AvgIpc) is 2.99. The van der Waals surface area contributed by atoms with Gasteiger partial charge in [0.15, 0.2) is 11.5 Å². The van der Waals surface area contributed by atoms with E-state index in [4.69, 9.17) is 26.8 Å². The van der Waals surface area contributed by atoms with E-state index in [-0.39, 0.29) is 16.6 Å². The van der Waals surface area contributed by atoms with Gasteiger partial charge in [-0.2, -0.15) is 0 Å². The van der Waals surface area contributed by atoms with Gasteiger partial charge >= 0.3 is 5.97 Å². The number of aliphatic carboxylic acids is 1. The number of thiocarbonyl (C=S) groups is 1. The molecule has 0 bridgehead atoms. The van der Waals surface area contributed by atoms with Gasteiger partial charge in [0, 0.05) is 6.07 Å². The predicted molar refractivity (Wildman–Crippen MR) is 118 cm³/mol. The van der Waals surface area contributed by atoms with Crippen molar-refractivity contribution >= 4 is 51.9 Å². The zero-order valence-electron chi connectivity index (χ0n) is 16.1. The standard InChI is InChI=1S/C20H16N2O7S2/c1-28-16-8-12(9-17-19(25)21(10-18(23)24)20(30)31-17)6-7-15(16)29-11-13-4-2-3-5-14(13)22(26)27/h2-9H,10-11H2,1H3,(H,23,24)/b17-9+. The summed E-state index contributed by atoms with van der Waals surface area (Å²) in [4.78, 5) is 35.3. The molecule has 3 rings (SSSR count). The van der Waals surface area contributed by atoms with Gasteiger partial charge in [-0.3, -0.25) is 24.6 Å². The summed E-state index contributed by atoms with van der Waals surface area (Å²) < 4.78 is 11.2. The van der Waals surface area contributed by atoms with Gasteiger partial charge in [-0.1, -0.05) is 42.2 Å². The minimum Gasteiger partial charge on any atom is -0.493 e. The molecule has 11 heteroatoms. The molecule has 0 unspecified atom stereocenters. The highest BCUT2D eigenvalue weighted by Crippen LogP contribution is 2.35. The largest absolute Gasteiger partial charge is 0.493 e. The summed E-state index contributed by atoms with van der Waals surface area (Å²) >= 11 is 6.10. The van der Waals surface area contributed by atoms with Crippen molar-refractivity contribution in [3.63, 3.8) is 0 Å². The molecule has 0 spiro atoms. The lowest BCUT2D eigenvalue weighted by Crippen LogP contribution is -2.33. The summed E-state index contributed by atoms with van der Waals surface area (Å²) in [5.74, 6) is -0.892. The quantitative estimate of drug-likeness (QED) is 0.273. The molecule has 1 N–H and O–H groups in total. The number of para-hydroxylation sites is 1. The van der Waals surface area contributed by atoms with E-state index in [0.717, 1.165) is 16.7 Å². The highest BCUT2D eigenvalue weighted by molar-refractivity contribution is 8.26. The van der Waals surface area contributed by atoms with Crippen LogP contribution in [0, 0.1) is 10.1 Å². The fraction of sp³-hybridized carbons (Fsp3) is 0.150. The van der Waals surface area contributed by atoms with Gasteiger partial charge in [0.2, 0.25) is 0 Å². The SMILES string of the molecule is COc1cc(/C=C2/SC(=S)N(CC(=O)O)C2=O)ccc1OCc1ccccc1[N+](=O)[O-]. The highest BCUT2D eigenvalue weighted by atomic mass is 32.2. The van der Waals surface area contributed by atoms with Crippen LogP contribution in [0.5, 0.6) is 11.5 Å². The predicted octanol–water partition coefficient (Wildman–Crippen LogP) is 3.47. The molecule has 1 aliphatic heterocycles. The van der Waals surface area contributed by atoms with E-state index in [1.807, 2.05) is 0 Å². The van der Waals surface area contributed by atoms with Crippen molar-refractivity contribution in [1.82, 2.24) is 4.90 Å². The average molecular weight is 460 g/mol. The number of rotatable bonds is 8. The number of hydrogen-bond donors (Lipinski definition) is 1. The Hall–Kier alpha value is -3.44. The summed E-state index contributed by atoms with van der Waals surface area (Å²) in [6.45, 7) is -0.523. The van der Waals surface area contributed by atoms with Crippen molar-refractivity contribution in [3.05, 3.63) is 68.6 Å². The van der Waals surface area contributed by atoms with Gasteiger partial charge in [0.25, 0.3) is 11.6 Å². The third-order valence-electron chi connectivity index (χ3n) is 4.22. The van der Waals surface area contributed by atoms with E-state index in [0.29, 0.717) is 27.5 Å². The lowest BCUT2D eigenvalue weighted by atomic mass is 10.1. The number of nitro benzene ring substituents is 1. The first-order valence-corrected chi connectivity index (χ1v) is 10.0. The second kappa shape index (κ2) is 9.58. The molecule has 0 aromatic heterocycles. The number of amides is 1. The fourth-order valence-corrected chi connectivity index (χ4v) is 4.04. The number of methoxy groups -OCH3 is 1. The van der Waals surface area contributed by atoms with Crippen LogP contribution in [-0.4, -0.2) is 44.8 Å². The molecule has 1 saturated heterocycles. The molecule has 1 amide bonds. The minimum atomic E-state index is -1.15. The van der Waals surface area contributed by atoms with Gasteiger partial charge in [0.1, 0.15) is 17.5 Å². The molecule has 0 saturated carbocycles. The van der Waals surface area contributed by atoms with E-state index in [2.05, 4.69) is 0 Å². The molecule has 160 valence electrons. The smallest absolute Gasteiger partial charge is 0.323 e. The number of hydrogen-bond acceptors (Lipinski definition) is 8. The molecule has 31 heavy (non-hydrogen) atoms. The monoisotopic (exact) mass is 460 g/mol. The highest BCUT2D eigenvalue weighted by Gasteiger charge is 2.33. The molecule has 2 aromatic carbocycles. The Kier molecular flexibility index (Phi) is 6.88. The second-order valence-electron chi connectivity index (χ2n) is 6.25. The van der Waals surface area contributed by atoms with Crippen LogP contribution in [0.4, 0.5) is 5.69 Å². The normalized spacial score (nSPS) is 14.7. The molecule has 1 fully saturated rings. The van der Waals surface area contributed by atoms with Crippen LogP contribution in [0.2, 0.25) is 0 Å². The number of carbonyl (C=O) groups is 2. The first kappa shape index (κ1) is 22.2. The number of carboxylic acids is 1. The van der Waals surface area contributed by atoms with E-state index in [1.165, 1.54) is 13.2 Å². The zero-order chi connectivity index (χ0) is 22.5. The summed E-state index contributed by atoms with van der Waals surface area (Å²) in [7, 11) is 1.45. The molecule has 9 nitrogen and oxygen atoms in total. The lowest BCUT2D eigenvalue weighted by molar-refractivity contribution is -0.385. The molecule has 1 heterocycles. The van der Waals surface area contributed by atoms with Gasteiger partial charge < -0.3 is 14.6 Å². The van der Waals surface area contributed by atoms with Crippen LogP contribution in [0.1, 0.15) is 11.1 Å². The zero-order valence-corrected chi connectivity index (χ0v) is 17.8. The first-order valence-electron chi connectivity index (χ1n) is 8.80. The third kappa shape index (κ3) is 5.19. The number of nitrogens with zero attached hydrogens (tertiary/aromatic N) is 2. The number of ether oxygens (including phenoxy) is 2. The maximum Gasteiger partial charge on any atom is 0.323 e. The second-order valence-corrected chi connectivity index (χ2v) is 7.92. The third-order valence-corrected chi connectivity index (χ3v) is 5.60. The Morgan fingerprint density at radius 3 is 2.71 bits per heavy atom. The van der Waals surface area contributed by atoms with E-state index in [1.54, 1.807) is 42.5 Å². The first-order chi connectivity index (χ1) is 14.8. The van der Waals surface area contributed by atoms with Gasteiger partial charge in [-0.25, -0.2) is 0 Å². The number of carbonyl (C=O) groups excluding carboxylic acids is 1. The Morgan fingerprint density at radius 2 is 2.03 bits per heavy atom. The van der Waals surface area contributed by atoms with Crippen LogP contribution in [-0.2, 0) is 16.2 Å². The summed E-state index contributed by atoms with van der Waals surface area (Å²) in [5.41, 5.74) is 0.993. The topological polar surface area (TPSA) is 119 Å². The van der Waals surface area contributed by atoms with Crippen molar-refractivity contribution < 1.29 is 29.1 Å². The summed E-state index contributed by atoms with van der Waals surface area (Å²) in [6, 6.07) is 11.2. The van der Waals surface area contributed by atoms with E-state index < -0.39 is 23.3 Å². The molecule has 0 radical (unpaired) electrons. The van der Waals surface area contributed by atoms with Crippen molar-refractivity contribution in [1.29, 1.82) is 0 Å². The maximum atomic E-state index is 12.4. The molecule has 0 atom stereocenters. The van der Waals surface area contributed by atoms with E-state index in [9.17, 15) is 19.7 Å². The Labute approximate surface area is 186 Å². The van der Waals surface area contributed by atoms with Crippen molar-refractivity contribution in [3.8, 4) is 11.5 Å². The summed E-state index contributed by atoms with van der Waals surface area (Å²) in [6.07, 6.45) is 1.58. The molecular formula is C20H16N2O7S2. The fourth-order valence-electron chi connectivity index (χ4n) is 2.78. The molecule has 0 aliphatic carbocycles. The van der Waals surface area contributed by atoms with Crippen molar-refractivity contribution in [2.75, 3.05) is 13.7 Å². The Morgan fingerprint density at radius 1 is 1.29 bits per heavy atom. The van der Waals surface area contributed by atoms with Crippen LogP contribution < -0.4 is 9.47 Å². The van der Waals surface area contributed by atoms with Crippen LogP contribution in [0.15, 0.2) is 47.4 Å². The molecule has 2 aromatic rings.